The number of aromatic nitrogens is 1. The minimum absolute atomic E-state index is 0.130. The summed E-state index contributed by atoms with van der Waals surface area (Å²) in [4.78, 5) is 21.9. The van der Waals surface area contributed by atoms with Crippen molar-refractivity contribution in [2.45, 2.75) is 20.8 Å². The van der Waals surface area contributed by atoms with E-state index in [1.807, 2.05) is 25.1 Å². The van der Waals surface area contributed by atoms with E-state index in [0.717, 1.165) is 35.4 Å². The second-order valence-corrected chi connectivity index (χ2v) is 8.71. The third-order valence-electron chi connectivity index (χ3n) is 4.92. The van der Waals surface area contributed by atoms with Gasteiger partial charge >= 0.3 is 0 Å². The summed E-state index contributed by atoms with van der Waals surface area (Å²) >= 11 is 13.6. The van der Waals surface area contributed by atoms with Crippen molar-refractivity contribution >= 4 is 55.8 Å². The van der Waals surface area contributed by atoms with Crippen LogP contribution in [0.1, 0.15) is 19.4 Å². The molecule has 8 heteroatoms. The van der Waals surface area contributed by atoms with Crippen molar-refractivity contribution in [3.8, 4) is 5.75 Å². The monoisotopic (exact) mass is 465 g/mol. The number of para-hydroxylation sites is 1. The molecule has 0 N–H and O–H groups in total. The van der Waals surface area contributed by atoms with Crippen molar-refractivity contribution in [2.24, 2.45) is 0 Å². The highest BCUT2D eigenvalue weighted by molar-refractivity contribution is 7.22. The number of halogens is 2. The van der Waals surface area contributed by atoms with Crippen LogP contribution in [0.4, 0.5) is 5.13 Å². The number of benzene rings is 2. The smallest absolute Gasteiger partial charge is 0.266 e. The number of fused-ring (bicyclic) bond motifs is 1. The first-order chi connectivity index (χ1) is 14.4. The highest BCUT2D eigenvalue weighted by atomic mass is 35.5. The number of carbonyl (C=O) groups excluding carboxylic acids is 1. The Hall–Kier alpha value is -1.86. The van der Waals surface area contributed by atoms with Gasteiger partial charge in [0.05, 0.1) is 15.2 Å². The molecule has 0 bridgehead atoms. The van der Waals surface area contributed by atoms with Gasteiger partial charge in [-0.1, -0.05) is 60.5 Å². The van der Waals surface area contributed by atoms with E-state index in [1.165, 1.54) is 11.3 Å². The molecule has 0 aliphatic carbocycles. The van der Waals surface area contributed by atoms with Gasteiger partial charge < -0.3 is 9.64 Å². The van der Waals surface area contributed by atoms with Crippen molar-refractivity contribution < 1.29 is 9.53 Å². The second kappa shape index (κ2) is 10.4. The van der Waals surface area contributed by atoms with Crippen LogP contribution in [0.2, 0.25) is 10.0 Å². The third-order valence-corrected chi connectivity index (χ3v) is 6.49. The highest BCUT2D eigenvalue weighted by Crippen LogP contribution is 2.31. The van der Waals surface area contributed by atoms with E-state index in [0.29, 0.717) is 27.5 Å². The fraction of sp³-hybridized carbons (Fsp3) is 0.364. The zero-order valence-electron chi connectivity index (χ0n) is 17.3. The number of thiazole rings is 1. The van der Waals surface area contributed by atoms with Gasteiger partial charge in [-0.3, -0.25) is 9.69 Å². The van der Waals surface area contributed by atoms with Gasteiger partial charge in [-0.05, 0) is 49.8 Å². The number of amides is 1. The molecule has 30 heavy (non-hydrogen) atoms. The summed E-state index contributed by atoms with van der Waals surface area (Å²) in [5.41, 5.74) is 2.02. The molecule has 5 nitrogen and oxygen atoms in total. The molecule has 0 aliphatic heterocycles. The molecule has 0 atom stereocenters. The van der Waals surface area contributed by atoms with Gasteiger partial charge in [-0.25, -0.2) is 4.98 Å². The Bertz CT molecular complexity index is 1020. The first-order valence-corrected chi connectivity index (χ1v) is 11.5. The van der Waals surface area contributed by atoms with Gasteiger partial charge in [0.1, 0.15) is 5.75 Å². The number of ether oxygens (including phenoxy) is 1. The van der Waals surface area contributed by atoms with Gasteiger partial charge in [0.15, 0.2) is 11.7 Å². The standard InChI is InChI=1S/C22H25Cl2N3O2S/c1-4-26(5-2)11-12-27(22-25-21-15(3)7-6-8-19(21)30-22)20(28)14-29-18-10-9-16(23)13-17(18)24/h6-10,13H,4-5,11-12,14H2,1-3H3. The van der Waals surface area contributed by atoms with E-state index in [4.69, 9.17) is 32.9 Å². The van der Waals surface area contributed by atoms with Crippen LogP contribution in [-0.2, 0) is 4.79 Å². The molecule has 2 aromatic carbocycles. The molecule has 160 valence electrons. The van der Waals surface area contributed by atoms with Crippen molar-refractivity contribution in [3.05, 3.63) is 52.0 Å². The van der Waals surface area contributed by atoms with E-state index in [9.17, 15) is 4.79 Å². The van der Waals surface area contributed by atoms with Crippen LogP contribution in [0.15, 0.2) is 36.4 Å². The van der Waals surface area contributed by atoms with Gasteiger partial charge in [0.2, 0.25) is 0 Å². The van der Waals surface area contributed by atoms with E-state index in [-0.39, 0.29) is 12.5 Å². The Morgan fingerprint density at radius 3 is 2.57 bits per heavy atom. The molecule has 1 heterocycles. The number of carbonyl (C=O) groups is 1. The molecule has 0 fully saturated rings. The van der Waals surface area contributed by atoms with Crippen molar-refractivity contribution in [2.75, 3.05) is 37.7 Å². The molecule has 0 aliphatic rings. The van der Waals surface area contributed by atoms with Crippen LogP contribution < -0.4 is 9.64 Å². The summed E-state index contributed by atoms with van der Waals surface area (Å²) in [7, 11) is 0. The van der Waals surface area contributed by atoms with E-state index < -0.39 is 0 Å². The van der Waals surface area contributed by atoms with Crippen LogP contribution in [0.3, 0.4) is 0 Å². The van der Waals surface area contributed by atoms with Crippen LogP contribution in [0.25, 0.3) is 10.2 Å². The summed E-state index contributed by atoms with van der Waals surface area (Å²) in [6.07, 6.45) is 0. The Balaban J connectivity index is 1.82. The number of rotatable bonds is 9. The number of nitrogens with zero attached hydrogens (tertiary/aromatic N) is 3. The van der Waals surface area contributed by atoms with E-state index >= 15 is 0 Å². The first-order valence-electron chi connectivity index (χ1n) is 9.89. The average Bonchev–Trinajstić information content (AvgIpc) is 3.16. The topological polar surface area (TPSA) is 45.7 Å². The fourth-order valence-corrected chi connectivity index (χ4v) is 4.66. The molecule has 1 aromatic heterocycles. The maximum atomic E-state index is 13.1. The Labute approximate surface area is 191 Å². The lowest BCUT2D eigenvalue weighted by atomic mass is 10.2. The van der Waals surface area contributed by atoms with E-state index in [2.05, 4.69) is 18.7 Å². The molecule has 0 saturated carbocycles. The normalized spacial score (nSPS) is 11.3. The number of likely N-dealkylation sites (N-methyl/N-ethyl adjacent to an activating group) is 1. The van der Waals surface area contributed by atoms with Crippen molar-refractivity contribution in [1.82, 2.24) is 9.88 Å². The molecule has 3 aromatic rings. The molecule has 0 saturated heterocycles. The van der Waals surface area contributed by atoms with Crippen LogP contribution >= 0.6 is 34.5 Å². The molecule has 0 radical (unpaired) electrons. The maximum Gasteiger partial charge on any atom is 0.266 e. The summed E-state index contributed by atoms with van der Waals surface area (Å²) in [5.74, 6) is 0.267. The van der Waals surface area contributed by atoms with E-state index in [1.54, 1.807) is 23.1 Å². The zero-order chi connectivity index (χ0) is 21.7. The maximum absolute atomic E-state index is 13.1. The minimum atomic E-state index is -0.162. The second-order valence-electron chi connectivity index (χ2n) is 6.85. The van der Waals surface area contributed by atoms with Crippen LogP contribution in [0.5, 0.6) is 5.75 Å². The molecule has 0 spiro atoms. The first kappa shape index (κ1) is 22.8. The molecule has 0 unspecified atom stereocenters. The summed E-state index contributed by atoms with van der Waals surface area (Å²) < 4.78 is 6.76. The number of anilines is 1. The van der Waals surface area contributed by atoms with Crippen LogP contribution in [-0.4, -0.2) is 48.6 Å². The van der Waals surface area contributed by atoms with Gasteiger partial charge in [-0.15, -0.1) is 0 Å². The van der Waals surface area contributed by atoms with Gasteiger partial charge in [-0.2, -0.15) is 0 Å². The Morgan fingerprint density at radius 1 is 1.13 bits per heavy atom. The predicted octanol–water partition coefficient (Wildman–Crippen LogP) is 5.67. The quantitative estimate of drug-likeness (QED) is 0.408. The van der Waals surface area contributed by atoms with Crippen molar-refractivity contribution in [1.29, 1.82) is 0 Å². The fourth-order valence-electron chi connectivity index (χ4n) is 3.11. The predicted molar refractivity (Wildman–Crippen MR) is 126 cm³/mol. The lowest BCUT2D eigenvalue weighted by molar-refractivity contribution is -0.120. The highest BCUT2D eigenvalue weighted by Gasteiger charge is 2.22. The number of hydrogen-bond acceptors (Lipinski definition) is 5. The average molecular weight is 466 g/mol. The Morgan fingerprint density at radius 2 is 1.90 bits per heavy atom. The molecule has 1 amide bonds. The third kappa shape index (κ3) is 5.43. The number of hydrogen-bond donors (Lipinski definition) is 0. The lowest BCUT2D eigenvalue weighted by Gasteiger charge is -2.24. The summed E-state index contributed by atoms with van der Waals surface area (Å²) in [6.45, 7) is 9.27. The summed E-state index contributed by atoms with van der Waals surface area (Å²) in [6, 6.07) is 11.0. The molecular weight excluding hydrogens is 441 g/mol. The summed E-state index contributed by atoms with van der Waals surface area (Å²) in [5, 5.41) is 1.58. The molecule has 3 rings (SSSR count). The minimum Gasteiger partial charge on any atom is -0.482 e. The SMILES string of the molecule is CCN(CC)CCN(C(=O)COc1ccc(Cl)cc1Cl)c1nc2c(C)cccc2s1. The lowest BCUT2D eigenvalue weighted by Crippen LogP contribution is -2.41. The zero-order valence-corrected chi connectivity index (χ0v) is 19.7. The Kier molecular flexibility index (Phi) is 7.94. The van der Waals surface area contributed by atoms with Crippen LogP contribution in [0, 0.1) is 6.92 Å². The van der Waals surface area contributed by atoms with Gasteiger partial charge in [0.25, 0.3) is 5.91 Å². The molecular formula is C22H25Cl2N3O2S. The van der Waals surface area contributed by atoms with Gasteiger partial charge in [0, 0.05) is 18.1 Å². The number of aryl methyl sites for hydroxylation is 1. The van der Waals surface area contributed by atoms with Crippen molar-refractivity contribution in [3.63, 3.8) is 0 Å². The largest absolute Gasteiger partial charge is 0.482 e.